The monoisotopic (exact) mass is 241 g/mol. The van der Waals surface area contributed by atoms with Crippen LogP contribution in [0.5, 0.6) is 0 Å². The molecule has 84 valence electrons. The second-order valence-corrected chi connectivity index (χ2v) is 7.18. The van der Waals surface area contributed by atoms with Gasteiger partial charge in [0.25, 0.3) is 0 Å². The van der Waals surface area contributed by atoms with Crippen LogP contribution >= 0.6 is 0 Å². The molecule has 0 aromatic heterocycles. The zero-order chi connectivity index (χ0) is 10.8. The molecule has 0 aromatic rings. The Hall–Kier alpha value is 0.220. The second kappa shape index (κ2) is 4.83. The minimum absolute atomic E-state index is 0.133. The Kier molecular flexibility index (Phi) is 4.24. The Bertz CT molecular complexity index is 273. The molecule has 14 heavy (non-hydrogen) atoms. The highest BCUT2D eigenvalue weighted by molar-refractivity contribution is 7.96. The summed E-state index contributed by atoms with van der Waals surface area (Å²) in [5, 5.41) is 0.269. The summed E-state index contributed by atoms with van der Waals surface area (Å²) in [5.41, 5.74) is 0. The molecular formula is C8H17O4S2+. The van der Waals surface area contributed by atoms with Crippen molar-refractivity contribution in [2.24, 2.45) is 0 Å². The molecule has 1 N–H and O–H groups in total. The summed E-state index contributed by atoms with van der Waals surface area (Å²) in [6.45, 7) is 0. The van der Waals surface area contributed by atoms with Gasteiger partial charge in [0.15, 0.2) is 0 Å². The van der Waals surface area contributed by atoms with Gasteiger partial charge < -0.3 is 0 Å². The van der Waals surface area contributed by atoms with Crippen molar-refractivity contribution in [1.82, 2.24) is 0 Å². The van der Waals surface area contributed by atoms with Crippen LogP contribution in [-0.2, 0) is 25.5 Å². The molecule has 6 heteroatoms. The first-order valence-corrected chi connectivity index (χ1v) is 8.09. The maximum atomic E-state index is 10.6. The van der Waals surface area contributed by atoms with Crippen LogP contribution < -0.4 is 0 Å². The molecule has 1 fully saturated rings. The summed E-state index contributed by atoms with van der Waals surface area (Å²) in [7, 11) is -4.15. The lowest BCUT2D eigenvalue weighted by molar-refractivity contribution is 0.147. The largest absolute Gasteiger partial charge is 0.397 e. The van der Waals surface area contributed by atoms with E-state index in [-0.39, 0.29) is 22.2 Å². The summed E-state index contributed by atoms with van der Waals surface area (Å²) in [4.78, 5) is 0. The average molecular weight is 241 g/mol. The molecular weight excluding hydrogens is 224 g/mol. The molecule has 2 unspecified atom stereocenters. The summed E-state index contributed by atoms with van der Waals surface area (Å²) in [6, 6.07) is 0. The Labute approximate surface area is 88.3 Å². The first-order chi connectivity index (χ1) is 6.40. The molecule has 0 radical (unpaired) electrons. The SMILES string of the molecule is C[S+](C)C1CCCCC1OS(=O)(=O)O. The molecule has 0 saturated heterocycles. The van der Waals surface area contributed by atoms with Crippen LogP contribution in [0.4, 0.5) is 0 Å². The van der Waals surface area contributed by atoms with Crippen LogP contribution in [0.3, 0.4) is 0 Å². The first-order valence-electron chi connectivity index (χ1n) is 4.62. The van der Waals surface area contributed by atoms with Crippen molar-refractivity contribution in [3.63, 3.8) is 0 Å². The number of hydrogen-bond donors (Lipinski definition) is 1. The van der Waals surface area contributed by atoms with Crippen molar-refractivity contribution in [1.29, 1.82) is 0 Å². The Balaban J connectivity index is 2.63. The molecule has 0 spiro atoms. The molecule has 0 aliphatic heterocycles. The molecule has 1 rings (SSSR count). The van der Waals surface area contributed by atoms with Gasteiger partial charge in [0, 0.05) is 0 Å². The molecule has 4 nitrogen and oxygen atoms in total. The smallest absolute Gasteiger partial charge is 0.264 e. The van der Waals surface area contributed by atoms with E-state index in [1.54, 1.807) is 0 Å². The second-order valence-electron chi connectivity index (χ2n) is 3.76. The van der Waals surface area contributed by atoms with Gasteiger partial charge >= 0.3 is 10.4 Å². The summed E-state index contributed by atoms with van der Waals surface area (Å²) >= 11 is 0. The van der Waals surface area contributed by atoms with Crippen LogP contribution in [0.15, 0.2) is 0 Å². The average Bonchev–Trinajstić information content (AvgIpc) is 2.01. The summed E-state index contributed by atoms with van der Waals surface area (Å²) in [5.74, 6) is 0. The lowest BCUT2D eigenvalue weighted by Crippen LogP contribution is -2.39. The van der Waals surface area contributed by atoms with Crippen LogP contribution in [-0.4, -0.2) is 36.8 Å². The van der Waals surface area contributed by atoms with Crippen molar-refractivity contribution in [2.45, 2.75) is 37.0 Å². The van der Waals surface area contributed by atoms with Gasteiger partial charge in [-0.2, -0.15) is 8.42 Å². The summed E-state index contributed by atoms with van der Waals surface area (Å²) < 4.78 is 34.5. The number of rotatable bonds is 3. The highest BCUT2D eigenvalue weighted by atomic mass is 32.3. The molecule has 0 bridgehead atoms. The number of hydrogen-bond acceptors (Lipinski definition) is 3. The third-order valence-electron chi connectivity index (χ3n) is 2.49. The van der Waals surface area contributed by atoms with E-state index < -0.39 is 10.4 Å². The fraction of sp³-hybridized carbons (Fsp3) is 1.00. The van der Waals surface area contributed by atoms with Crippen LogP contribution in [0, 0.1) is 0 Å². The van der Waals surface area contributed by atoms with E-state index in [1.807, 2.05) is 0 Å². The predicted molar refractivity (Wildman–Crippen MR) is 57.9 cm³/mol. The van der Waals surface area contributed by atoms with E-state index in [2.05, 4.69) is 16.7 Å². The minimum Gasteiger partial charge on any atom is -0.264 e. The maximum absolute atomic E-state index is 10.6. The van der Waals surface area contributed by atoms with E-state index in [1.165, 1.54) is 0 Å². The van der Waals surface area contributed by atoms with Crippen molar-refractivity contribution in [2.75, 3.05) is 12.5 Å². The Morgan fingerprint density at radius 3 is 2.36 bits per heavy atom. The zero-order valence-electron chi connectivity index (χ0n) is 8.47. The van der Waals surface area contributed by atoms with Gasteiger partial charge in [-0.05, 0) is 30.2 Å². The van der Waals surface area contributed by atoms with E-state index in [9.17, 15) is 8.42 Å². The first kappa shape index (κ1) is 12.3. The van der Waals surface area contributed by atoms with Crippen LogP contribution in [0.1, 0.15) is 25.7 Å². The third kappa shape index (κ3) is 3.76. The molecule has 1 aliphatic rings. The maximum Gasteiger partial charge on any atom is 0.397 e. The lowest BCUT2D eigenvalue weighted by atomic mass is 9.97. The normalized spacial score (nSPS) is 29.4. The minimum atomic E-state index is -4.29. The van der Waals surface area contributed by atoms with Crippen LogP contribution in [0.2, 0.25) is 0 Å². The highest BCUT2D eigenvalue weighted by Crippen LogP contribution is 2.27. The molecule has 1 aliphatic carbocycles. The predicted octanol–water partition coefficient (Wildman–Crippen LogP) is 0.995. The van der Waals surface area contributed by atoms with Gasteiger partial charge in [-0.1, -0.05) is 6.42 Å². The van der Waals surface area contributed by atoms with Crippen molar-refractivity contribution < 1.29 is 17.2 Å². The fourth-order valence-corrected chi connectivity index (χ4v) is 3.92. The third-order valence-corrected chi connectivity index (χ3v) is 4.73. The molecule has 0 heterocycles. The van der Waals surface area contributed by atoms with Gasteiger partial charge in [-0.3, -0.25) is 4.55 Å². The van der Waals surface area contributed by atoms with Gasteiger partial charge in [0.2, 0.25) is 0 Å². The zero-order valence-corrected chi connectivity index (χ0v) is 10.1. The van der Waals surface area contributed by atoms with Gasteiger partial charge in [-0.25, -0.2) is 4.18 Å². The quantitative estimate of drug-likeness (QED) is 0.591. The van der Waals surface area contributed by atoms with Crippen molar-refractivity contribution in [3.05, 3.63) is 0 Å². The van der Waals surface area contributed by atoms with Crippen molar-refractivity contribution >= 4 is 21.3 Å². The molecule has 0 amide bonds. The van der Waals surface area contributed by atoms with Crippen molar-refractivity contribution in [3.8, 4) is 0 Å². The highest BCUT2D eigenvalue weighted by Gasteiger charge is 2.37. The molecule has 2 atom stereocenters. The summed E-state index contributed by atoms with van der Waals surface area (Å²) in [6.07, 6.45) is 7.67. The van der Waals surface area contributed by atoms with E-state index in [4.69, 9.17) is 4.55 Å². The fourth-order valence-electron chi connectivity index (χ4n) is 1.87. The molecule has 0 aromatic carbocycles. The van der Waals surface area contributed by atoms with Crippen LogP contribution in [0.25, 0.3) is 0 Å². The Morgan fingerprint density at radius 1 is 1.29 bits per heavy atom. The standard InChI is InChI=1S/C8H16O4S2/c1-13(2)8-6-4-3-5-7(8)12-14(9,10)11/h7-8H,3-6H2,1-2H3/p+1. The molecule has 1 saturated carbocycles. The van der Waals surface area contributed by atoms with E-state index in [0.717, 1.165) is 25.7 Å². The lowest BCUT2D eigenvalue weighted by Gasteiger charge is -2.26. The van der Waals surface area contributed by atoms with Gasteiger partial charge in [0.05, 0.1) is 12.5 Å². The topological polar surface area (TPSA) is 63.6 Å². The van der Waals surface area contributed by atoms with Gasteiger partial charge in [-0.15, -0.1) is 0 Å². The van der Waals surface area contributed by atoms with E-state index in [0.29, 0.717) is 0 Å². The Morgan fingerprint density at radius 2 is 1.86 bits per heavy atom. The van der Waals surface area contributed by atoms with Gasteiger partial charge in [0.1, 0.15) is 11.4 Å². The van der Waals surface area contributed by atoms with E-state index >= 15 is 0 Å².